The van der Waals surface area contributed by atoms with Crippen molar-refractivity contribution in [3.05, 3.63) is 95.9 Å². The van der Waals surface area contributed by atoms with E-state index in [2.05, 4.69) is 23.1 Å². The van der Waals surface area contributed by atoms with E-state index in [1.54, 1.807) is 6.07 Å². The summed E-state index contributed by atoms with van der Waals surface area (Å²) in [5, 5.41) is 5.58. The first kappa shape index (κ1) is 22.4. The van der Waals surface area contributed by atoms with Crippen LogP contribution in [-0.2, 0) is 0 Å². The molecule has 0 saturated carbocycles. The predicted molar refractivity (Wildman–Crippen MR) is 140 cm³/mol. The lowest BCUT2D eigenvalue weighted by Crippen LogP contribution is -2.35. The van der Waals surface area contributed by atoms with Crippen LogP contribution < -0.4 is 4.90 Å². The van der Waals surface area contributed by atoms with Gasteiger partial charge in [0.1, 0.15) is 12.1 Å². The van der Waals surface area contributed by atoms with Crippen LogP contribution in [0.25, 0.3) is 28.2 Å². The van der Waals surface area contributed by atoms with Crippen molar-refractivity contribution in [1.82, 2.24) is 19.5 Å². The molecule has 1 saturated heterocycles. The Labute approximate surface area is 213 Å². The summed E-state index contributed by atoms with van der Waals surface area (Å²) in [6, 6.07) is 23.6. The van der Waals surface area contributed by atoms with Gasteiger partial charge in [-0.25, -0.2) is 4.98 Å². The lowest BCUT2D eigenvalue weighted by atomic mass is 10.1. The Hall–Kier alpha value is -4.10. The quantitative estimate of drug-likeness (QED) is 0.320. The standard InChI is InChI=1S/C28H24ClN5O2/c29-23-9-4-8-21(16-23)25-17-26-30-24(20-6-2-1-3-7-20)18-27(34(26)31-25)32-11-5-12-33(14-13-32)28(35)22-10-15-36-19-22/h1-4,6-10,15-19H,5,11-14H2. The van der Waals surface area contributed by atoms with Gasteiger partial charge in [-0.1, -0.05) is 54.1 Å². The highest BCUT2D eigenvalue weighted by atomic mass is 35.5. The van der Waals surface area contributed by atoms with Crippen molar-refractivity contribution >= 4 is 29.0 Å². The van der Waals surface area contributed by atoms with Gasteiger partial charge in [0.05, 0.1) is 23.2 Å². The van der Waals surface area contributed by atoms with Gasteiger partial charge in [-0.15, -0.1) is 0 Å². The van der Waals surface area contributed by atoms with Gasteiger partial charge in [0.2, 0.25) is 0 Å². The Kier molecular flexibility index (Phi) is 5.91. The number of furan rings is 1. The number of carbonyl (C=O) groups is 1. The summed E-state index contributed by atoms with van der Waals surface area (Å²) in [5.41, 5.74) is 5.01. The maximum atomic E-state index is 12.9. The van der Waals surface area contributed by atoms with Crippen LogP contribution in [0, 0.1) is 0 Å². The van der Waals surface area contributed by atoms with Crippen molar-refractivity contribution in [3.63, 3.8) is 0 Å². The van der Waals surface area contributed by atoms with Crippen LogP contribution in [0.5, 0.6) is 0 Å². The molecular formula is C28H24ClN5O2. The fourth-order valence-electron chi connectivity index (χ4n) is 4.65. The van der Waals surface area contributed by atoms with Gasteiger partial charge in [-0.3, -0.25) is 4.79 Å². The van der Waals surface area contributed by atoms with Crippen LogP contribution in [0.3, 0.4) is 0 Å². The van der Waals surface area contributed by atoms with Crippen molar-refractivity contribution in [2.75, 3.05) is 31.1 Å². The number of fused-ring (bicyclic) bond motifs is 1. The third kappa shape index (κ3) is 4.33. The SMILES string of the molecule is O=C(c1ccoc1)N1CCCN(c2cc(-c3ccccc3)nc3cc(-c4cccc(Cl)c4)nn23)CC1. The van der Waals surface area contributed by atoms with Crippen molar-refractivity contribution in [1.29, 1.82) is 0 Å². The molecule has 2 aromatic carbocycles. The normalized spacial score (nSPS) is 14.2. The van der Waals surface area contributed by atoms with Gasteiger partial charge in [-0.2, -0.15) is 9.61 Å². The lowest BCUT2D eigenvalue weighted by Gasteiger charge is -2.24. The molecule has 6 rings (SSSR count). The summed E-state index contributed by atoms with van der Waals surface area (Å²) in [6.07, 6.45) is 3.88. The molecule has 1 amide bonds. The molecule has 4 heterocycles. The second kappa shape index (κ2) is 9.51. The Bertz CT molecular complexity index is 1510. The molecular weight excluding hydrogens is 474 g/mol. The maximum absolute atomic E-state index is 12.9. The molecule has 1 aliphatic heterocycles. The Morgan fingerprint density at radius 2 is 1.72 bits per heavy atom. The Morgan fingerprint density at radius 1 is 0.861 bits per heavy atom. The van der Waals surface area contributed by atoms with Gasteiger partial charge < -0.3 is 14.2 Å². The average Bonchev–Trinajstić information content (AvgIpc) is 3.54. The highest BCUT2D eigenvalue weighted by molar-refractivity contribution is 6.30. The van der Waals surface area contributed by atoms with E-state index >= 15 is 0 Å². The van der Waals surface area contributed by atoms with Crippen LogP contribution >= 0.6 is 11.6 Å². The van der Waals surface area contributed by atoms with E-state index in [-0.39, 0.29) is 5.91 Å². The highest BCUT2D eigenvalue weighted by Crippen LogP contribution is 2.29. The molecule has 36 heavy (non-hydrogen) atoms. The predicted octanol–water partition coefficient (Wildman–Crippen LogP) is 5.66. The number of hydrogen-bond donors (Lipinski definition) is 0. The molecule has 0 N–H and O–H groups in total. The van der Waals surface area contributed by atoms with Crippen LogP contribution in [-0.4, -0.2) is 51.6 Å². The number of nitrogens with zero attached hydrogens (tertiary/aromatic N) is 5. The van der Waals surface area contributed by atoms with Crippen molar-refractivity contribution in [2.45, 2.75) is 6.42 Å². The van der Waals surface area contributed by atoms with Crippen molar-refractivity contribution in [3.8, 4) is 22.5 Å². The fraction of sp³-hybridized carbons (Fsp3) is 0.179. The van der Waals surface area contributed by atoms with Gasteiger partial charge in [0, 0.05) is 54.5 Å². The molecule has 1 fully saturated rings. The summed E-state index contributed by atoms with van der Waals surface area (Å²) in [7, 11) is 0. The first-order valence-corrected chi connectivity index (χ1v) is 12.3. The van der Waals surface area contributed by atoms with Crippen LogP contribution in [0.1, 0.15) is 16.8 Å². The molecule has 8 heteroatoms. The Balaban J connectivity index is 1.39. The maximum Gasteiger partial charge on any atom is 0.257 e. The smallest absolute Gasteiger partial charge is 0.257 e. The zero-order valence-electron chi connectivity index (χ0n) is 19.5. The minimum absolute atomic E-state index is 0.00205. The summed E-state index contributed by atoms with van der Waals surface area (Å²) in [5.74, 6) is 0.947. The molecule has 0 spiro atoms. The third-order valence-electron chi connectivity index (χ3n) is 6.47. The molecule has 0 bridgehead atoms. The molecule has 0 radical (unpaired) electrons. The second-order valence-electron chi connectivity index (χ2n) is 8.82. The van der Waals surface area contributed by atoms with E-state index in [0.717, 1.165) is 46.9 Å². The first-order valence-electron chi connectivity index (χ1n) is 11.9. The first-order chi connectivity index (χ1) is 17.7. The number of carbonyl (C=O) groups excluding carboxylic acids is 1. The van der Waals surface area contributed by atoms with E-state index in [4.69, 9.17) is 26.1 Å². The minimum atomic E-state index is -0.00205. The lowest BCUT2D eigenvalue weighted by molar-refractivity contribution is 0.0766. The largest absolute Gasteiger partial charge is 0.472 e. The molecule has 7 nitrogen and oxygen atoms in total. The van der Waals surface area contributed by atoms with Gasteiger partial charge >= 0.3 is 0 Å². The van der Waals surface area contributed by atoms with E-state index in [0.29, 0.717) is 30.2 Å². The van der Waals surface area contributed by atoms with E-state index in [1.807, 2.05) is 57.9 Å². The Morgan fingerprint density at radius 3 is 2.53 bits per heavy atom. The van der Waals surface area contributed by atoms with E-state index < -0.39 is 0 Å². The molecule has 5 aromatic rings. The molecule has 1 aliphatic rings. The van der Waals surface area contributed by atoms with E-state index in [1.165, 1.54) is 12.5 Å². The van der Waals surface area contributed by atoms with Crippen LogP contribution in [0.15, 0.2) is 89.7 Å². The second-order valence-corrected chi connectivity index (χ2v) is 9.26. The topological polar surface area (TPSA) is 66.9 Å². The number of anilines is 1. The monoisotopic (exact) mass is 497 g/mol. The number of aromatic nitrogens is 3. The van der Waals surface area contributed by atoms with Gasteiger partial charge in [0.25, 0.3) is 5.91 Å². The number of rotatable bonds is 4. The summed E-state index contributed by atoms with van der Waals surface area (Å²) in [4.78, 5) is 22.0. The van der Waals surface area contributed by atoms with Crippen molar-refractivity contribution in [2.24, 2.45) is 0 Å². The summed E-state index contributed by atoms with van der Waals surface area (Å²) in [6.45, 7) is 2.78. The summed E-state index contributed by atoms with van der Waals surface area (Å²) < 4.78 is 7.01. The zero-order valence-corrected chi connectivity index (χ0v) is 20.3. The van der Waals surface area contributed by atoms with Gasteiger partial charge in [-0.05, 0) is 24.6 Å². The summed E-state index contributed by atoms with van der Waals surface area (Å²) >= 11 is 6.25. The number of hydrogen-bond acceptors (Lipinski definition) is 5. The van der Waals surface area contributed by atoms with Crippen LogP contribution in [0.2, 0.25) is 5.02 Å². The molecule has 0 atom stereocenters. The molecule has 0 unspecified atom stereocenters. The minimum Gasteiger partial charge on any atom is -0.472 e. The molecule has 0 aliphatic carbocycles. The number of amides is 1. The van der Waals surface area contributed by atoms with Crippen LogP contribution in [0.4, 0.5) is 5.82 Å². The number of halogens is 1. The highest BCUT2D eigenvalue weighted by Gasteiger charge is 2.23. The molecule has 180 valence electrons. The zero-order chi connectivity index (χ0) is 24.5. The van der Waals surface area contributed by atoms with Crippen molar-refractivity contribution < 1.29 is 9.21 Å². The third-order valence-corrected chi connectivity index (χ3v) is 6.71. The average molecular weight is 498 g/mol. The fourth-order valence-corrected chi connectivity index (χ4v) is 4.84. The van der Waals surface area contributed by atoms with E-state index in [9.17, 15) is 4.79 Å². The molecule has 3 aromatic heterocycles. The van der Waals surface area contributed by atoms with Gasteiger partial charge in [0.15, 0.2) is 5.65 Å². The number of benzene rings is 2.